The van der Waals surface area contributed by atoms with Crippen LogP contribution in [0.1, 0.15) is 27.4 Å². The molecule has 0 saturated heterocycles. The van der Waals surface area contributed by atoms with Gasteiger partial charge < -0.3 is 4.98 Å². The smallest absolute Gasteiger partial charge is 0.252 e. The third-order valence-electron chi connectivity index (χ3n) is 5.94. The number of H-pyrrole nitrogens is 1. The molecule has 0 fully saturated rings. The van der Waals surface area contributed by atoms with E-state index in [4.69, 9.17) is 0 Å². The van der Waals surface area contributed by atoms with E-state index in [0.717, 1.165) is 34.3 Å². The number of thiophene rings is 1. The molecule has 3 aromatic heterocycles. The Kier molecular flexibility index (Phi) is 6.60. The Morgan fingerprint density at radius 1 is 1.00 bits per heavy atom. The molecule has 5 aromatic rings. The summed E-state index contributed by atoms with van der Waals surface area (Å²) in [5, 5.41) is 15.6. The van der Waals surface area contributed by atoms with Crippen LogP contribution >= 0.6 is 11.3 Å². The average Bonchev–Trinajstić information content (AvgIpc) is 3.52. The van der Waals surface area contributed by atoms with Crippen LogP contribution in [0.25, 0.3) is 10.9 Å². The highest BCUT2D eigenvalue weighted by molar-refractivity contribution is 7.09. The lowest BCUT2D eigenvalue weighted by atomic mass is 10.1. The van der Waals surface area contributed by atoms with Gasteiger partial charge in [-0.25, -0.2) is 4.68 Å². The number of nitrogens with one attached hydrogen (secondary N) is 1. The fourth-order valence-electron chi connectivity index (χ4n) is 4.17. The first kappa shape index (κ1) is 22.2. The van der Waals surface area contributed by atoms with Gasteiger partial charge in [-0.05, 0) is 57.8 Å². The van der Waals surface area contributed by atoms with Gasteiger partial charge in [0, 0.05) is 30.1 Å². The Morgan fingerprint density at radius 3 is 2.71 bits per heavy atom. The summed E-state index contributed by atoms with van der Waals surface area (Å²) in [7, 11) is 0. The van der Waals surface area contributed by atoms with Gasteiger partial charge in [0.1, 0.15) is 0 Å². The number of hydrogen-bond acceptors (Lipinski definition) is 6. The molecule has 8 heteroatoms. The molecule has 0 atom stereocenters. The van der Waals surface area contributed by atoms with Gasteiger partial charge in [0.05, 0.1) is 12.1 Å². The first-order valence-electron chi connectivity index (χ1n) is 11.3. The fraction of sp³-hybridized carbons (Fsp3) is 0.231. The molecule has 3 heterocycles. The number of rotatable bonds is 9. The van der Waals surface area contributed by atoms with Gasteiger partial charge >= 0.3 is 0 Å². The lowest BCUT2D eigenvalue weighted by Crippen LogP contribution is -2.28. The zero-order chi connectivity index (χ0) is 23.3. The lowest BCUT2D eigenvalue weighted by Gasteiger charge is -2.21. The minimum Gasteiger partial charge on any atom is -0.321 e. The highest BCUT2D eigenvalue weighted by Crippen LogP contribution is 2.19. The van der Waals surface area contributed by atoms with Crippen LogP contribution in [-0.4, -0.2) is 30.1 Å². The molecule has 172 valence electrons. The summed E-state index contributed by atoms with van der Waals surface area (Å²) < 4.78 is 1.86. The summed E-state index contributed by atoms with van der Waals surface area (Å²) >= 11 is 1.71. The van der Waals surface area contributed by atoms with Crippen molar-refractivity contribution in [2.24, 2.45) is 0 Å². The van der Waals surface area contributed by atoms with Gasteiger partial charge in [0.15, 0.2) is 5.82 Å². The number of aromatic amines is 1. The van der Waals surface area contributed by atoms with Crippen molar-refractivity contribution in [2.75, 3.05) is 0 Å². The number of nitrogens with zero attached hydrogens (tertiary/aromatic N) is 5. The molecule has 0 aliphatic heterocycles. The zero-order valence-electron chi connectivity index (χ0n) is 19.0. The predicted octanol–water partition coefficient (Wildman–Crippen LogP) is 4.33. The van der Waals surface area contributed by atoms with Crippen LogP contribution in [0.2, 0.25) is 0 Å². The molecule has 0 spiro atoms. The topological polar surface area (TPSA) is 79.7 Å². The zero-order valence-corrected chi connectivity index (χ0v) is 19.8. The monoisotopic (exact) mass is 470 g/mol. The number of aryl methyl sites for hydroxylation is 3. The second-order valence-corrected chi connectivity index (χ2v) is 9.47. The highest BCUT2D eigenvalue weighted by atomic mass is 32.1. The van der Waals surface area contributed by atoms with Gasteiger partial charge in [0.25, 0.3) is 5.56 Å². The van der Waals surface area contributed by atoms with Crippen LogP contribution in [0.4, 0.5) is 0 Å². The number of fused-ring (bicyclic) bond motifs is 1. The van der Waals surface area contributed by atoms with E-state index < -0.39 is 0 Å². The van der Waals surface area contributed by atoms with Crippen LogP contribution < -0.4 is 5.56 Å². The first-order valence-corrected chi connectivity index (χ1v) is 12.2. The Labute approximate surface area is 201 Å². The number of aromatic nitrogens is 5. The third kappa shape index (κ3) is 5.13. The lowest BCUT2D eigenvalue weighted by molar-refractivity contribution is 0.237. The molecule has 1 N–H and O–H groups in total. The van der Waals surface area contributed by atoms with E-state index in [1.54, 1.807) is 11.3 Å². The van der Waals surface area contributed by atoms with E-state index in [1.807, 2.05) is 60.1 Å². The summed E-state index contributed by atoms with van der Waals surface area (Å²) in [5.41, 5.74) is 3.89. The maximum Gasteiger partial charge on any atom is 0.252 e. The first-order chi connectivity index (χ1) is 16.7. The normalized spacial score (nSPS) is 11.5. The van der Waals surface area contributed by atoms with Crippen molar-refractivity contribution in [1.29, 1.82) is 0 Å². The molecule has 7 nitrogen and oxygen atoms in total. The summed E-state index contributed by atoms with van der Waals surface area (Å²) in [4.78, 5) is 19.5. The molecule has 0 amide bonds. The summed E-state index contributed by atoms with van der Waals surface area (Å²) in [5.74, 6) is 0.792. The third-order valence-corrected chi connectivity index (χ3v) is 6.81. The van der Waals surface area contributed by atoms with Crippen molar-refractivity contribution < 1.29 is 0 Å². The summed E-state index contributed by atoms with van der Waals surface area (Å²) in [6.45, 7) is 4.48. The molecule has 5 rings (SSSR count). The maximum atomic E-state index is 12.9. The molecule has 0 radical (unpaired) electrons. The van der Waals surface area contributed by atoms with Gasteiger partial charge in [-0.1, -0.05) is 54.6 Å². The number of hydrogen-bond donors (Lipinski definition) is 1. The number of pyridine rings is 1. The van der Waals surface area contributed by atoms with Crippen molar-refractivity contribution in [1.82, 2.24) is 30.1 Å². The Hall–Kier alpha value is -3.62. The molecule has 0 unspecified atom stereocenters. The molecule has 34 heavy (non-hydrogen) atoms. The molecular formula is C26H26N6OS. The minimum atomic E-state index is -0.0540. The second-order valence-electron chi connectivity index (χ2n) is 8.44. The van der Waals surface area contributed by atoms with Gasteiger partial charge in [-0.2, -0.15) is 0 Å². The van der Waals surface area contributed by atoms with E-state index in [-0.39, 0.29) is 5.56 Å². The molecular weight excluding hydrogens is 444 g/mol. The molecule has 0 aliphatic rings. The highest BCUT2D eigenvalue weighted by Gasteiger charge is 2.16. The fourth-order valence-corrected chi connectivity index (χ4v) is 4.91. The Balaban J connectivity index is 1.38. The van der Waals surface area contributed by atoms with Crippen LogP contribution in [0.15, 0.2) is 76.9 Å². The van der Waals surface area contributed by atoms with Crippen LogP contribution in [0.3, 0.4) is 0 Å². The van der Waals surface area contributed by atoms with E-state index in [1.165, 1.54) is 10.4 Å². The molecule has 0 saturated carbocycles. The van der Waals surface area contributed by atoms with Gasteiger partial charge in [-0.3, -0.25) is 9.69 Å². The van der Waals surface area contributed by atoms with E-state index in [2.05, 4.69) is 49.0 Å². The Morgan fingerprint density at radius 2 is 1.88 bits per heavy atom. The van der Waals surface area contributed by atoms with Crippen LogP contribution in [0, 0.1) is 6.92 Å². The molecule has 0 bridgehead atoms. The van der Waals surface area contributed by atoms with Crippen molar-refractivity contribution >= 4 is 22.2 Å². The van der Waals surface area contributed by atoms with E-state index >= 15 is 0 Å². The average molecular weight is 471 g/mol. The quantitative estimate of drug-likeness (QED) is 0.347. The molecule has 0 aliphatic carbocycles. The number of benzene rings is 2. The second kappa shape index (κ2) is 10.1. The predicted molar refractivity (Wildman–Crippen MR) is 135 cm³/mol. The SMILES string of the molecule is Cc1cccc2cc(CN(Cc3cccs3)Cc3nnnn3CCc3ccccc3)c(=O)[nH]c12. The summed E-state index contributed by atoms with van der Waals surface area (Å²) in [6, 6.07) is 22.6. The minimum absolute atomic E-state index is 0.0540. The van der Waals surface area contributed by atoms with Crippen molar-refractivity contribution in [2.45, 2.75) is 39.5 Å². The van der Waals surface area contributed by atoms with Crippen molar-refractivity contribution in [3.05, 3.63) is 110 Å². The van der Waals surface area contributed by atoms with Gasteiger partial charge in [0.2, 0.25) is 0 Å². The van der Waals surface area contributed by atoms with E-state index in [9.17, 15) is 4.79 Å². The van der Waals surface area contributed by atoms with Gasteiger partial charge in [-0.15, -0.1) is 16.4 Å². The standard InChI is InChI=1S/C26H26N6OS/c1-19-7-5-10-21-15-22(26(33)27-25(19)21)16-31(17-23-11-6-14-34-23)18-24-28-29-30-32(24)13-12-20-8-3-2-4-9-20/h2-11,14-15H,12-13,16-18H2,1H3,(H,27,33). The van der Waals surface area contributed by atoms with Crippen LogP contribution in [0.5, 0.6) is 0 Å². The maximum absolute atomic E-state index is 12.9. The van der Waals surface area contributed by atoms with Crippen LogP contribution in [-0.2, 0) is 32.6 Å². The van der Waals surface area contributed by atoms with Crippen molar-refractivity contribution in [3.8, 4) is 0 Å². The number of tetrazole rings is 1. The summed E-state index contributed by atoms with van der Waals surface area (Å²) in [6.07, 6.45) is 0.855. The van der Waals surface area contributed by atoms with Crippen molar-refractivity contribution in [3.63, 3.8) is 0 Å². The largest absolute Gasteiger partial charge is 0.321 e. The van der Waals surface area contributed by atoms with E-state index in [0.29, 0.717) is 26.2 Å². The number of para-hydroxylation sites is 1. The Bertz CT molecular complexity index is 1430. The molecule has 2 aromatic carbocycles.